The van der Waals surface area contributed by atoms with Crippen molar-refractivity contribution in [1.29, 1.82) is 0 Å². The number of ether oxygens (including phenoxy) is 2. The van der Waals surface area contributed by atoms with E-state index in [1.54, 1.807) is 19.1 Å². The standard InChI is InChI=1S/C25H31FN2O3/c1-19-5-10-24-21(15-19)16-28(20(2)29)18-25(31-24)11-3-12-27(17-25)13-4-14-30-23-8-6-22(26)7-9-23/h5-10,15H,3-4,11-14,16-18H2,1-2H3. The second-order valence-electron chi connectivity index (χ2n) is 8.81. The molecule has 1 amide bonds. The molecule has 2 aliphatic heterocycles. The molecule has 0 radical (unpaired) electrons. The summed E-state index contributed by atoms with van der Waals surface area (Å²) < 4.78 is 25.4. The summed E-state index contributed by atoms with van der Waals surface area (Å²) in [5.41, 5.74) is 1.87. The Balaban J connectivity index is 1.39. The maximum Gasteiger partial charge on any atom is 0.219 e. The van der Waals surface area contributed by atoms with Gasteiger partial charge in [-0.3, -0.25) is 9.69 Å². The molecule has 1 unspecified atom stereocenters. The molecule has 2 aromatic rings. The van der Waals surface area contributed by atoms with Gasteiger partial charge in [-0.25, -0.2) is 4.39 Å². The molecule has 1 spiro atoms. The van der Waals surface area contributed by atoms with Crippen LogP contribution in [0.15, 0.2) is 42.5 Å². The Bertz CT molecular complexity index is 917. The first-order valence-corrected chi connectivity index (χ1v) is 11.1. The lowest BCUT2D eigenvalue weighted by Crippen LogP contribution is -2.57. The van der Waals surface area contributed by atoms with Crippen molar-refractivity contribution in [3.8, 4) is 11.5 Å². The average Bonchev–Trinajstić information content (AvgIpc) is 2.89. The molecule has 2 aromatic carbocycles. The minimum Gasteiger partial charge on any atom is -0.494 e. The molecule has 6 heteroatoms. The van der Waals surface area contributed by atoms with Crippen molar-refractivity contribution in [2.24, 2.45) is 0 Å². The van der Waals surface area contributed by atoms with Crippen LogP contribution in [0.5, 0.6) is 11.5 Å². The lowest BCUT2D eigenvalue weighted by atomic mass is 9.91. The number of hydrogen-bond acceptors (Lipinski definition) is 4. The van der Waals surface area contributed by atoms with Crippen molar-refractivity contribution >= 4 is 5.91 Å². The van der Waals surface area contributed by atoms with Gasteiger partial charge >= 0.3 is 0 Å². The molecule has 5 nitrogen and oxygen atoms in total. The number of amides is 1. The van der Waals surface area contributed by atoms with E-state index >= 15 is 0 Å². The molecule has 1 atom stereocenters. The zero-order chi connectivity index (χ0) is 21.8. The summed E-state index contributed by atoms with van der Waals surface area (Å²) in [7, 11) is 0. The molecule has 1 saturated heterocycles. The van der Waals surface area contributed by atoms with Crippen molar-refractivity contribution in [3.05, 3.63) is 59.4 Å². The van der Waals surface area contributed by atoms with Crippen LogP contribution in [0.4, 0.5) is 4.39 Å². The number of benzene rings is 2. The van der Waals surface area contributed by atoms with Gasteiger partial charge in [0.1, 0.15) is 22.9 Å². The fourth-order valence-electron chi connectivity index (χ4n) is 4.63. The Labute approximate surface area is 183 Å². The zero-order valence-corrected chi connectivity index (χ0v) is 18.4. The minimum absolute atomic E-state index is 0.0853. The van der Waals surface area contributed by atoms with Crippen molar-refractivity contribution in [3.63, 3.8) is 0 Å². The third-order valence-electron chi connectivity index (χ3n) is 6.15. The van der Waals surface area contributed by atoms with Gasteiger partial charge in [-0.1, -0.05) is 17.7 Å². The highest BCUT2D eigenvalue weighted by atomic mass is 19.1. The van der Waals surface area contributed by atoms with Gasteiger partial charge in [-0.05, 0) is 63.1 Å². The highest BCUT2D eigenvalue weighted by molar-refractivity contribution is 5.73. The van der Waals surface area contributed by atoms with Crippen LogP contribution < -0.4 is 9.47 Å². The SMILES string of the molecule is CC(=O)N1Cc2cc(C)ccc2OC2(CCCN(CCCOc3ccc(F)cc3)C2)C1. The number of rotatable bonds is 5. The van der Waals surface area contributed by atoms with E-state index in [4.69, 9.17) is 9.47 Å². The maximum atomic E-state index is 13.0. The number of halogens is 1. The summed E-state index contributed by atoms with van der Waals surface area (Å²) in [6.07, 6.45) is 2.85. The number of piperidine rings is 1. The van der Waals surface area contributed by atoms with E-state index in [2.05, 4.69) is 24.0 Å². The Morgan fingerprint density at radius 3 is 2.77 bits per heavy atom. The van der Waals surface area contributed by atoms with Crippen LogP contribution in [0.25, 0.3) is 0 Å². The highest BCUT2D eigenvalue weighted by Gasteiger charge is 2.42. The number of carbonyl (C=O) groups is 1. The Kier molecular flexibility index (Phi) is 6.46. The molecule has 166 valence electrons. The second kappa shape index (κ2) is 9.27. The van der Waals surface area contributed by atoms with Crippen LogP contribution >= 0.6 is 0 Å². The quantitative estimate of drug-likeness (QED) is 0.673. The minimum atomic E-state index is -0.387. The van der Waals surface area contributed by atoms with Gasteiger partial charge in [-0.15, -0.1) is 0 Å². The number of carbonyl (C=O) groups excluding carboxylic acids is 1. The highest BCUT2D eigenvalue weighted by Crippen LogP contribution is 2.35. The van der Waals surface area contributed by atoms with Gasteiger partial charge in [0, 0.05) is 32.1 Å². The van der Waals surface area contributed by atoms with Crippen molar-refractivity contribution in [1.82, 2.24) is 9.80 Å². The monoisotopic (exact) mass is 426 g/mol. The van der Waals surface area contributed by atoms with Gasteiger partial charge in [0.05, 0.1) is 13.2 Å². The number of hydrogen-bond donors (Lipinski definition) is 0. The third-order valence-corrected chi connectivity index (χ3v) is 6.15. The molecule has 0 aromatic heterocycles. The number of aryl methyl sites for hydroxylation is 1. The van der Waals surface area contributed by atoms with Crippen LogP contribution in [0.1, 0.15) is 37.3 Å². The van der Waals surface area contributed by atoms with E-state index in [0.29, 0.717) is 25.4 Å². The number of nitrogens with zero attached hydrogens (tertiary/aromatic N) is 2. The largest absolute Gasteiger partial charge is 0.494 e. The normalized spacial score (nSPS) is 21.3. The fourth-order valence-corrected chi connectivity index (χ4v) is 4.63. The molecule has 0 N–H and O–H groups in total. The summed E-state index contributed by atoms with van der Waals surface area (Å²) in [5.74, 6) is 1.41. The summed E-state index contributed by atoms with van der Waals surface area (Å²) in [5, 5.41) is 0. The van der Waals surface area contributed by atoms with Gasteiger partial charge in [0.25, 0.3) is 0 Å². The molecule has 31 heavy (non-hydrogen) atoms. The first kappa shape index (κ1) is 21.6. The molecule has 0 bridgehead atoms. The van der Waals surface area contributed by atoms with Gasteiger partial charge in [-0.2, -0.15) is 0 Å². The van der Waals surface area contributed by atoms with Gasteiger partial charge in [0.2, 0.25) is 5.91 Å². The van der Waals surface area contributed by atoms with Crippen LogP contribution in [-0.4, -0.2) is 54.1 Å². The first-order chi connectivity index (χ1) is 14.9. The van der Waals surface area contributed by atoms with Gasteiger partial charge in [0.15, 0.2) is 0 Å². The average molecular weight is 427 g/mol. The predicted octanol–water partition coefficient (Wildman–Crippen LogP) is 4.18. The molecule has 0 saturated carbocycles. The Morgan fingerprint density at radius 2 is 2.00 bits per heavy atom. The van der Waals surface area contributed by atoms with E-state index < -0.39 is 0 Å². The van der Waals surface area contributed by atoms with Crippen molar-refractivity contribution in [2.45, 2.75) is 45.3 Å². The molecule has 1 fully saturated rings. The summed E-state index contributed by atoms with van der Waals surface area (Å²) in [4.78, 5) is 16.7. The Hall–Kier alpha value is -2.60. The zero-order valence-electron chi connectivity index (χ0n) is 18.4. The molecular weight excluding hydrogens is 395 g/mol. The van der Waals surface area contributed by atoms with E-state index in [9.17, 15) is 9.18 Å². The number of likely N-dealkylation sites (tertiary alicyclic amines) is 1. The van der Waals surface area contributed by atoms with E-state index in [-0.39, 0.29) is 17.3 Å². The lowest BCUT2D eigenvalue weighted by molar-refractivity contribution is -0.133. The molecule has 4 rings (SSSR count). The van der Waals surface area contributed by atoms with E-state index in [1.165, 1.54) is 17.7 Å². The van der Waals surface area contributed by atoms with Crippen LogP contribution in [0.2, 0.25) is 0 Å². The second-order valence-corrected chi connectivity index (χ2v) is 8.81. The fraction of sp³-hybridized carbons (Fsp3) is 0.480. The third kappa shape index (κ3) is 5.37. The Morgan fingerprint density at radius 1 is 1.19 bits per heavy atom. The van der Waals surface area contributed by atoms with E-state index in [1.807, 2.05) is 11.0 Å². The van der Waals surface area contributed by atoms with Crippen LogP contribution in [-0.2, 0) is 11.3 Å². The summed E-state index contributed by atoms with van der Waals surface area (Å²) >= 11 is 0. The van der Waals surface area contributed by atoms with Crippen molar-refractivity contribution in [2.75, 3.05) is 32.8 Å². The first-order valence-electron chi connectivity index (χ1n) is 11.1. The van der Waals surface area contributed by atoms with Gasteiger partial charge < -0.3 is 14.4 Å². The molecule has 2 heterocycles. The maximum absolute atomic E-state index is 13.0. The van der Waals surface area contributed by atoms with Crippen molar-refractivity contribution < 1.29 is 18.7 Å². The smallest absolute Gasteiger partial charge is 0.219 e. The summed E-state index contributed by atoms with van der Waals surface area (Å²) in [6.45, 7) is 8.20. The van der Waals surface area contributed by atoms with Crippen LogP contribution in [0.3, 0.4) is 0 Å². The number of fused-ring (bicyclic) bond motifs is 1. The lowest BCUT2D eigenvalue weighted by Gasteiger charge is -2.43. The molecular formula is C25H31FN2O3. The van der Waals surface area contributed by atoms with E-state index in [0.717, 1.165) is 50.2 Å². The summed E-state index contributed by atoms with van der Waals surface area (Å²) in [6, 6.07) is 12.4. The predicted molar refractivity (Wildman–Crippen MR) is 118 cm³/mol. The molecule has 0 aliphatic carbocycles. The van der Waals surface area contributed by atoms with Crippen LogP contribution in [0, 0.1) is 12.7 Å². The topological polar surface area (TPSA) is 42.0 Å². The molecule has 2 aliphatic rings.